The summed E-state index contributed by atoms with van der Waals surface area (Å²) in [6, 6.07) is 4.07. The van der Waals surface area contributed by atoms with Crippen LogP contribution >= 0.6 is 11.3 Å². The normalized spacial score (nSPS) is 18.6. The largest absolute Gasteiger partial charge is 0.475 e. The minimum absolute atomic E-state index is 0.139. The van der Waals surface area contributed by atoms with Crippen LogP contribution in [0.25, 0.3) is 10.1 Å². The summed E-state index contributed by atoms with van der Waals surface area (Å²) in [7, 11) is 0. The molecular weight excluding hydrogens is 232 g/mol. The first-order chi connectivity index (χ1) is 8.27. The van der Waals surface area contributed by atoms with Crippen LogP contribution in [0.15, 0.2) is 23.7 Å². The second-order valence-electron chi connectivity index (χ2n) is 4.81. The van der Waals surface area contributed by atoms with Crippen LogP contribution in [-0.4, -0.2) is 17.1 Å². The van der Waals surface area contributed by atoms with Gasteiger partial charge in [-0.25, -0.2) is 4.98 Å². The van der Waals surface area contributed by atoms with E-state index in [1.165, 1.54) is 17.5 Å². The Labute approximate surface area is 105 Å². The van der Waals surface area contributed by atoms with E-state index in [0.29, 0.717) is 6.61 Å². The van der Waals surface area contributed by atoms with Gasteiger partial charge in [-0.05, 0) is 30.4 Å². The molecule has 0 spiro atoms. The maximum Gasteiger partial charge on any atom is 0.222 e. The SMILES string of the molecule is NC1(COc2nccc3sccc23)CCCC1. The van der Waals surface area contributed by atoms with Crippen LogP contribution < -0.4 is 10.5 Å². The van der Waals surface area contributed by atoms with Gasteiger partial charge in [0.05, 0.1) is 10.9 Å². The van der Waals surface area contributed by atoms with Gasteiger partial charge in [-0.15, -0.1) is 11.3 Å². The molecule has 3 nitrogen and oxygen atoms in total. The van der Waals surface area contributed by atoms with E-state index in [4.69, 9.17) is 10.5 Å². The van der Waals surface area contributed by atoms with Crippen molar-refractivity contribution in [2.45, 2.75) is 31.2 Å². The van der Waals surface area contributed by atoms with Gasteiger partial charge >= 0.3 is 0 Å². The number of nitrogens with two attached hydrogens (primary N) is 1. The summed E-state index contributed by atoms with van der Waals surface area (Å²) in [6.45, 7) is 0.578. The van der Waals surface area contributed by atoms with Crippen molar-refractivity contribution in [1.29, 1.82) is 0 Å². The van der Waals surface area contributed by atoms with Crippen LogP contribution in [0.2, 0.25) is 0 Å². The van der Waals surface area contributed by atoms with Crippen LogP contribution in [-0.2, 0) is 0 Å². The Morgan fingerprint density at radius 1 is 1.35 bits per heavy atom. The Morgan fingerprint density at radius 3 is 3.00 bits per heavy atom. The van der Waals surface area contributed by atoms with Crippen molar-refractivity contribution in [3.8, 4) is 5.88 Å². The van der Waals surface area contributed by atoms with Gasteiger partial charge in [0, 0.05) is 10.9 Å². The van der Waals surface area contributed by atoms with E-state index in [2.05, 4.69) is 16.4 Å². The third-order valence-electron chi connectivity index (χ3n) is 3.44. The lowest BCUT2D eigenvalue weighted by molar-refractivity contribution is 0.216. The summed E-state index contributed by atoms with van der Waals surface area (Å²) in [6.07, 6.45) is 6.36. The summed E-state index contributed by atoms with van der Waals surface area (Å²) in [5.74, 6) is 0.723. The average Bonchev–Trinajstić information content (AvgIpc) is 2.95. The molecular formula is C13H16N2OS. The molecule has 1 aliphatic rings. The van der Waals surface area contributed by atoms with Crippen LogP contribution in [0.4, 0.5) is 0 Å². The topological polar surface area (TPSA) is 48.1 Å². The molecule has 4 heteroatoms. The van der Waals surface area contributed by atoms with Crippen molar-refractivity contribution >= 4 is 21.4 Å². The maximum absolute atomic E-state index is 6.28. The van der Waals surface area contributed by atoms with Crippen LogP contribution in [0.3, 0.4) is 0 Å². The Kier molecular flexibility index (Phi) is 2.76. The number of nitrogens with zero attached hydrogens (tertiary/aromatic N) is 1. The minimum atomic E-state index is -0.139. The number of hydrogen-bond donors (Lipinski definition) is 1. The summed E-state index contributed by atoms with van der Waals surface area (Å²) in [5.41, 5.74) is 6.14. The summed E-state index contributed by atoms with van der Waals surface area (Å²) >= 11 is 1.71. The first kappa shape index (κ1) is 11.0. The molecule has 2 N–H and O–H groups in total. The van der Waals surface area contributed by atoms with Gasteiger partial charge < -0.3 is 10.5 Å². The zero-order valence-electron chi connectivity index (χ0n) is 9.69. The molecule has 0 radical (unpaired) electrons. The van der Waals surface area contributed by atoms with Crippen LogP contribution in [0.1, 0.15) is 25.7 Å². The molecule has 1 aliphatic carbocycles. The Morgan fingerprint density at radius 2 is 2.18 bits per heavy atom. The fourth-order valence-corrected chi connectivity index (χ4v) is 3.19. The number of pyridine rings is 1. The number of thiophene rings is 1. The van der Waals surface area contributed by atoms with Crippen molar-refractivity contribution in [3.63, 3.8) is 0 Å². The molecule has 2 aromatic heterocycles. The number of fused-ring (bicyclic) bond motifs is 1. The molecule has 90 valence electrons. The lowest BCUT2D eigenvalue weighted by atomic mass is 10.0. The zero-order valence-corrected chi connectivity index (χ0v) is 10.5. The highest BCUT2D eigenvalue weighted by Gasteiger charge is 2.30. The zero-order chi connectivity index (χ0) is 11.7. The molecule has 1 fully saturated rings. The number of aromatic nitrogens is 1. The van der Waals surface area contributed by atoms with E-state index in [1.54, 1.807) is 17.5 Å². The molecule has 2 heterocycles. The Bertz CT molecular complexity index is 517. The molecule has 0 bridgehead atoms. The molecule has 0 saturated heterocycles. The highest BCUT2D eigenvalue weighted by atomic mass is 32.1. The van der Waals surface area contributed by atoms with Gasteiger partial charge in [0.1, 0.15) is 6.61 Å². The first-order valence-corrected chi connectivity index (χ1v) is 6.89. The molecule has 0 amide bonds. The standard InChI is InChI=1S/C13H16N2OS/c14-13(5-1-2-6-13)9-16-12-10-4-8-17-11(10)3-7-15-12/h3-4,7-8H,1-2,5-6,9,14H2. The molecule has 2 aromatic rings. The number of rotatable bonds is 3. The van der Waals surface area contributed by atoms with Gasteiger partial charge in [0.25, 0.3) is 0 Å². The fraction of sp³-hybridized carbons (Fsp3) is 0.462. The van der Waals surface area contributed by atoms with E-state index in [9.17, 15) is 0 Å². The summed E-state index contributed by atoms with van der Waals surface area (Å²) < 4.78 is 7.05. The molecule has 0 unspecified atom stereocenters. The molecule has 1 saturated carbocycles. The highest BCUT2D eigenvalue weighted by molar-refractivity contribution is 7.17. The van der Waals surface area contributed by atoms with E-state index in [0.717, 1.165) is 24.1 Å². The Balaban J connectivity index is 1.78. The molecule has 17 heavy (non-hydrogen) atoms. The van der Waals surface area contributed by atoms with Crippen LogP contribution in [0, 0.1) is 0 Å². The third-order valence-corrected chi connectivity index (χ3v) is 4.32. The lowest BCUT2D eigenvalue weighted by Gasteiger charge is -2.23. The smallest absolute Gasteiger partial charge is 0.222 e. The fourth-order valence-electron chi connectivity index (χ4n) is 2.42. The van der Waals surface area contributed by atoms with E-state index in [1.807, 2.05) is 6.07 Å². The molecule has 3 rings (SSSR count). The second-order valence-corrected chi connectivity index (χ2v) is 5.75. The van der Waals surface area contributed by atoms with Crippen molar-refractivity contribution in [2.75, 3.05) is 6.61 Å². The van der Waals surface area contributed by atoms with Crippen LogP contribution in [0.5, 0.6) is 5.88 Å². The minimum Gasteiger partial charge on any atom is -0.475 e. The van der Waals surface area contributed by atoms with Gasteiger partial charge in [-0.2, -0.15) is 0 Å². The average molecular weight is 248 g/mol. The van der Waals surface area contributed by atoms with Crippen molar-refractivity contribution in [2.24, 2.45) is 5.73 Å². The van der Waals surface area contributed by atoms with E-state index >= 15 is 0 Å². The summed E-state index contributed by atoms with van der Waals surface area (Å²) in [5, 5.41) is 3.16. The number of ether oxygens (including phenoxy) is 1. The molecule has 0 aromatic carbocycles. The monoisotopic (exact) mass is 248 g/mol. The van der Waals surface area contributed by atoms with Crippen molar-refractivity contribution in [3.05, 3.63) is 23.7 Å². The highest BCUT2D eigenvalue weighted by Crippen LogP contribution is 2.31. The predicted octanol–water partition coefficient (Wildman–Crippen LogP) is 2.95. The van der Waals surface area contributed by atoms with E-state index in [-0.39, 0.29) is 5.54 Å². The Hall–Kier alpha value is -1.13. The number of hydrogen-bond acceptors (Lipinski definition) is 4. The summed E-state index contributed by atoms with van der Waals surface area (Å²) in [4.78, 5) is 4.30. The van der Waals surface area contributed by atoms with Crippen molar-refractivity contribution in [1.82, 2.24) is 4.98 Å². The van der Waals surface area contributed by atoms with Gasteiger partial charge in [-0.1, -0.05) is 12.8 Å². The third kappa shape index (κ3) is 2.15. The quantitative estimate of drug-likeness (QED) is 0.908. The van der Waals surface area contributed by atoms with Gasteiger partial charge in [0.15, 0.2) is 0 Å². The first-order valence-electron chi connectivity index (χ1n) is 6.01. The molecule has 0 aliphatic heterocycles. The van der Waals surface area contributed by atoms with Crippen molar-refractivity contribution < 1.29 is 4.74 Å². The van der Waals surface area contributed by atoms with E-state index < -0.39 is 0 Å². The maximum atomic E-state index is 6.28. The molecule has 0 atom stereocenters. The predicted molar refractivity (Wildman–Crippen MR) is 70.5 cm³/mol. The van der Waals surface area contributed by atoms with Gasteiger partial charge in [-0.3, -0.25) is 0 Å². The van der Waals surface area contributed by atoms with Gasteiger partial charge in [0.2, 0.25) is 5.88 Å². The lowest BCUT2D eigenvalue weighted by Crippen LogP contribution is -2.42. The second kappa shape index (κ2) is 4.27.